The summed E-state index contributed by atoms with van der Waals surface area (Å²) in [4.78, 5) is 3.16. The summed E-state index contributed by atoms with van der Waals surface area (Å²) in [5.41, 5.74) is 3.70. The van der Waals surface area contributed by atoms with Crippen LogP contribution in [0, 0.1) is 17.1 Å². The van der Waals surface area contributed by atoms with Gasteiger partial charge in [0.25, 0.3) is 6.43 Å². The molecule has 0 atom stereocenters. The smallest absolute Gasteiger partial charge is 0.283 e. The Labute approximate surface area is 78.0 Å². The lowest BCUT2D eigenvalue weighted by molar-refractivity contribution is 0.140. The predicted molar refractivity (Wildman–Crippen MR) is 41.8 cm³/mol. The lowest BCUT2D eigenvalue weighted by atomic mass is 10.2. The Morgan fingerprint density at radius 3 is 2.64 bits per heavy atom. The van der Waals surface area contributed by atoms with Crippen LogP contribution in [0.5, 0.6) is 0 Å². The molecule has 0 aliphatic rings. The van der Waals surface area contributed by atoms with Crippen LogP contribution in [0.1, 0.15) is 23.4 Å². The molecule has 3 nitrogen and oxygen atoms in total. The second-order valence-corrected chi connectivity index (χ2v) is 2.48. The summed E-state index contributed by atoms with van der Waals surface area (Å²) < 4.78 is 37.5. The fraction of sp³-hybridized carbons (Fsp3) is 0.250. The van der Waals surface area contributed by atoms with Gasteiger partial charge >= 0.3 is 0 Å². The first-order valence-corrected chi connectivity index (χ1v) is 3.67. The summed E-state index contributed by atoms with van der Waals surface area (Å²) in [6, 6.07) is 2.61. The van der Waals surface area contributed by atoms with E-state index in [0.29, 0.717) is 0 Å². The molecule has 74 valence electrons. The van der Waals surface area contributed by atoms with E-state index in [2.05, 4.69) is 4.98 Å². The molecule has 6 heteroatoms. The summed E-state index contributed by atoms with van der Waals surface area (Å²) in [7, 11) is 0. The predicted octanol–water partition coefficient (Wildman–Crippen LogP) is 1.49. The molecule has 0 unspecified atom stereocenters. The van der Waals surface area contributed by atoms with Gasteiger partial charge in [-0.05, 0) is 6.07 Å². The standard InChI is InChI=1S/C8H6F3N3/c9-6-4(2-12)1-5(3-13)14-7(6)8(10)11/h1,8H,2,12H2. The highest BCUT2D eigenvalue weighted by molar-refractivity contribution is 5.30. The molecule has 0 amide bonds. The molecule has 0 aliphatic heterocycles. The van der Waals surface area contributed by atoms with Crippen LogP contribution in [0.4, 0.5) is 13.2 Å². The van der Waals surface area contributed by atoms with Crippen molar-refractivity contribution >= 4 is 0 Å². The first kappa shape index (κ1) is 10.5. The number of nitriles is 1. The summed E-state index contributed by atoms with van der Waals surface area (Å²) in [5.74, 6) is -1.14. The van der Waals surface area contributed by atoms with Gasteiger partial charge in [-0.2, -0.15) is 5.26 Å². The third-order valence-electron chi connectivity index (χ3n) is 1.60. The van der Waals surface area contributed by atoms with Crippen LogP contribution in [0.3, 0.4) is 0 Å². The largest absolute Gasteiger partial charge is 0.326 e. The van der Waals surface area contributed by atoms with Gasteiger partial charge in [-0.15, -0.1) is 0 Å². The number of hydrogen-bond acceptors (Lipinski definition) is 3. The maximum absolute atomic E-state index is 13.1. The zero-order valence-electron chi connectivity index (χ0n) is 6.97. The van der Waals surface area contributed by atoms with Gasteiger partial charge in [0.05, 0.1) is 0 Å². The van der Waals surface area contributed by atoms with Crippen molar-refractivity contribution in [2.45, 2.75) is 13.0 Å². The Morgan fingerprint density at radius 2 is 2.21 bits per heavy atom. The van der Waals surface area contributed by atoms with Gasteiger partial charge < -0.3 is 5.73 Å². The van der Waals surface area contributed by atoms with E-state index in [0.717, 1.165) is 6.07 Å². The van der Waals surface area contributed by atoms with Crippen LogP contribution < -0.4 is 5.73 Å². The van der Waals surface area contributed by atoms with Gasteiger partial charge in [0, 0.05) is 12.1 Å². The quantitative estimate of drug-likeness (QED) is 0.788. The minimum Gasteiger partial charge on any atom is -0.326 e. The molecule has 0 fully saturated rings. The van der Waals surface area contributed by atoms with Crippen molar-refractivity contribution in [3.8, 4) is 6.07 Å². The molecular weight excluding hydrogens is 195 g/mol. The minimum absolute atomic E-state index is 0.133. The zero-order valence-corrected chi connectivity index (χ0v) is 6.97. The van der Waals surface area contributed by atoms with Crippen LogP contribution in [0.25, 0.3) is 0 Å². The fourth-order valence-corrected chi connectivity index (χ4v) is 0.954. The number of pyridine rings is 1. The monoisotopic (exact) mass is 201 g/mol. The molecule has 1 aromatic rings. The van der Waals surface area contributed by atoms with Crippen molar-refractivity contribution in [3.63, 3.8) is 0 Å². The molecule has 14 heavy (non-hydrogen) atoms. The van der Waals surface area contributed by atoms with Crippen molar-refractivity contribution in [1.82, 2.24) is 4.98 Å². The number of alkyl halides is 2. The molecule has 0 bridgehead atoms. The molecule has 1 heterocycles. The Hall–Kier alpha value is -1.61. The molecule has 0 radical (unpaired) electrons. The highest BCUT2D eigenvalue weighted by Crippen LogP contribution is 2.22. The summed E-state index contributed by atoms with van der Waals surface area (Å²) >= 11 is 0. The Morgan fingerprint density at radius 1 is 1.57 bits per heavy atom. The summed E-state index contributed by atoms with van der Waals surface area (Å²) in [5, 5.41) is 8.43. The van der Waals surface area contributed by atoms with Crippen LogP contribution >= 0.6 is 0 Å². The molecule has 0 aromatic carbocycles. The van der Waals surface area contributed by atoms with E-state index in [4.69, 9.17) is 11.0 Å². The van der Waals surface area contributed by atoms with Crippen LogP contribution in [0.15, 0.2) is 6.07 Å². The minimum atomic E-state index is -3.05. The molecule has 0 spiro atoms. The average molecular weight is 201 g/mol. The van der Waals surface area contributed by atoms with Gasteiger partial charge in [-0.3, -0.25) is 0 Å². The molecule has 1 aromatic heterocycles. The number of halogens is 3. The van der Waals surface area contributed by atoms with Crippen LogP contribution in [0.2, 0.25) is 0 Å². The lowest BCUT2D eigenvalue weighted by Gasteiger charge is -2.05. The Balaban J connectivity index is 3.36. The van der Waals surface area contributed by atoms with Gasteiger partial charge in [0.2, 0.25) is 0 Å². The normalized spacial score (nSPS) is 10.3. The van der Waals surface area contributed by atoms with Crippen molar-refractivity contribution in [1.29, 1.82) is 5.26 Å². The average Bonchev–Trinajstić information content (AvgIpc) is 2.17. The highest BCUT2D eigenvalue weighted by atomic mass is 19.3. The van der Waals surface area contributed by atoms with E-state index in [-0.39, 0.29) is 17.8 Å². The van der Waals surface area contributed by atoms with Crippen molar-refractivity contribution in [2.75, 3.05) is 0 Å². The van der Waals surface area contributed by atoms with E-state index in [1.54, 1.807) is 6.07 Å². The second kappa shape index (κ2) is 4.07. The molecule has 0 saturated carbocycles. The molecule has 1 rings (SSSR count). The molecule has 0 aliphatic carbocycles. The third kappa shape index (κ3) is 1.83. The van der Waals surface area contributed by atoms with E-state index in [1.807, 2.05) is 0 Å². The first-order chi connectivity index (χ1) is 6.60. The summed E-state index contributed by atoms with van der Waals surface area (Å²) in [6.45, 7) is -0.247. The second-order valence-electron chi connectivity index (χ2n) is 2.48. The number of nitrogens with two attached hydrogens (primary N) is 1. The van der Waals surface area contributed by atoms with Crippen molar-refractivity contribution in [3.05, 3.63) is 28.8 Å². The third-order valence-corrected chi connectivity index (χ3v) is 1.60. The zero-order chi connectivity index (χ0) is 10.7. The number of nitrogens with zero attached hydrogens (tertiary/aromatic N) is 2. The summed E-state index contributed by atoms with van der Waals surface area (Å²) in [6.07, 6.45) is -3.05. The topological polar surface area (TPSA) is 62.7 Å². The van der Waals surface area contributed by atoms with E-state index in [1.165, 1.54) is 0 Å². The fourth-order valence-electron chi connectivity index (χ4n) is 0.954. The van der Waals surface area contributed by atoms with Gasteiger partial charge in [0.15, 0.2) is 5.82 Å². The molecule has 2 N–H and O–H groups in total. The van der Waals surface area contributed by atoms with Crippen molar-refractivity contribution < 1.29 is 13.2 Å². The number of aromatic nitrogens is 1. The number of rotatable bonds is 2. The lowest BCUT2D eigenvalue weighted by Crippen LogP contribution is -2.07. The molecular formula is C8H6F3N3. The maximum Gasteiger partial charge on any atom is 0.283 e. The van der Waals surface area contributed by atoms with E-state index >= 15 is 0 Å². The van der Waals surface area contributed by atoms with Crippen LogP contribution in [-0.4, -0.2) is 4.98 Å². The first-order valence-electron chi connectivity index (χ1n) is 3.67. The maximum atomic E-state index is 13.1. The van der Waals surface area contributed by atoms with E-state index < -0.39 is 17.9 Å². The van der Waals surface area contributed by atoms with Gasteiger partial charge in [-0.25, -0.2) is 18.2 Å². The molecule has 0 saturated heterocycles. The Bertz CT molecular complexity index is 384. The Kier molecular flexibility index (Phi) is 3.04. The van der Waals surface area contributed by atoms with Gasteiger partial charge in [-0.1, -0.05) is 0 Å². The number of hydrogen-bond donors (Lipinski definition) is 1. The van der Waals surface area contributed by atoms with E-state index in [9.17, 15) is 13.2 Å². The SMILES string of the molecule is N#Cc1cc(CN)c(F)c(C(F)F)n1. The highest BCUT2D eigenvalue weighted by Gasteiger charge is 2.19. The van der Waals surface area contributed by atoms with Crippen LogP contribution in [-0.2, 0) is 6.54 Å². The van der Waals surface area contributed by atoms with Crippen molar-refractivity contribution in [2.24, 2.45) is 5.73 Å². The van der Waals surface area contributed by atoms with Gasteiger partial charge in [0.1, 0.15) is 17.5 Å².